The lowest BCUT2D eigenvalue weighted by Crippen LogP contribution is -2.30. The second kappa shape index (κ2) is 6.46. The highest BCUT2D eigenvalue weighted by atomic mass is 19.4. The Morgan fingerprint density at radius 3 is 2.71 bits per heavy atom. The molecule has 1 saturated carbocycles. The highest BCUT2D eigenvalue weighted by Crippen LogP contribution is 2.31. The van der Waals surface area contributed by atoms with Gasteiger partial charge in [-0.3, -0.25) is 0 Å². The van der Waals surface area contributed by atoms with Crippen molar-refractivity contribution in [3.8, 4) is 0 Å². The van der Waals surface area contributed by atoms with Crippen LogP contribution in [0.5, 0.6) is 0 Å². The Bertz CT molecular complexity index is 481. The summed E-state index contributed by atoms with van der Waals surface area (Å²) in [5, 5.41) is 5.75. The van der Waals surface area contributed by atoms with Crippen LogP contribution in [0.3, 0.4) is 0 Å². The van der Waals surface area contributed by atoms with E-state index in [1.807, 2.05) is 0 Å². The zero-order valence-corrected chi connectivity index (χ0v) is 12.0. The van der Waals surface area contributed by atoms with Gasteiger partial charge in [0.25, 0.3) is 0 Å². The van der Waals surface area contributed by atoms with Crippen LogP contribution in [0.4, 0.5) is 24.9 Å². The molecular weight excluding hydrogens is 285 g/mol. The third-order valence-electron chi connectivity index (χ3n) is 3.44. The molecule has 2 N–H and O–H groups in total. The molecule has 1 aromatic rings. The minimum absolute atomic E-state index is 0.00288. The molecule has 2 unspecified atom stereocenters. The molecule has 0 bridgehead atoms. The summed E-state index contributed by atoms with van der Waals surface area (Å²) in [5.74, 6) is 0.143. The Morgan fingerprint density at radius 2 is 2.10 bits per heavy atom. The van der Waals surface area contributed by atoms with Crippen molar-refractivity contribution in [2.24, 2.45) is 0 Å². The van der Waals surface area contributed by atoms with Crippen LogP contribution < -0.4 is 10.6 Å². The molecule has 5 nitrogen and oxygen atoms in total. The lowest BCUT2D eigenvalue weighted by Gasteiger charge is -2.21. The van der Waals surface area contributed by atoms with Gasteiger partial charge in [-0.1, -0.05) is 0 Å². The highest BCUT2D eigenvalue weighted by Gasteiger charge is 2.34. The molecule has 1 aliphatic rings. The topological polar surface area (TPSA) is 59.1 Å². The second-order valence-electron chi connectivity index (χ2n) is 4.95. The first-order valence-corrected chi connectivity index (χ1v) is 6.93. The molecule has 1 aromatic heterocycles. The van der Waals surface area contributed by atoms with Crippen LogP contribution in [-0.2, 0) is 10.9 Å². The van der Waals surface area contributed by atoms with Crippen LogP contribution in [-0.4, -0.2) is 35.8 Å². The number of nitrogens with one attached hydrogen (secondary N) is 2. The summed E-state index contributed by atoms with van der Waals surface area (Å²) in [5.41, 5.74) is -0.956. The summed E-state index contributed by atoms with van der Waals surface area (Å²) in [7, 11) is 1.61. The largest absolute Gasteiger partial charge is 0.433 e. The number of methoxy groups -OCH3 is 1. The number of alkyl halides is 3. The summed E-state index contributed by atoms with van der Waals surface area (Å²) in [6.45, 7) is 2.22. The Kier molecular flexibility index (Phi) is 4.87. The van der Waals surface area contributed by atoms with Gasteiger partial charge < -0.3 is 15.4 Å². The molecule has 21 heavy (non-hydrogen) atoms. The van der Waals surface area contributed by atoms with E-state index in [0.717, 1.165) is 25.3 Å². The highest BCUT2D eigenvalue weighted by molar-refractivity contribution is 5.44. The smallest absolute Gasteiger partial charge is 0.379 e. The Balaban J connectivity index is 2.23. The predicted octanol–water partition coefficient (Wildman–Crippen LogP) is 2.91. The fraction of sp³-hybridized carbons (Fsp3) is 0.692. The van der Waals surface area contributed by atoms with Crippen LogP contribution in [0.15, 0.2) is 6.07 Å². The standard InChI is InChI=1S/C13H19F3N4O/c1-3-17-12-19-10(13(14,15)16)7-11(20-12)18-8-5-4-6-9(8)21-2/h7-9H,3-6H2,1-2H3,(H2,17,18,19,20). The first kappa shape index (κ1) is 15.8. The number of hydrogen-bond acceptors (Lipinski definition) is 5. The average Bonchev–Trinajstić information content (AvgIpc) is 2.85. The third kappa shape index (κ3) is 3.96. The molecule has 0 amide bonds. The maximum Gasteiger partial charge on any atom is 0.433 e. The number of halogens is 3. The van der Waals surface area contributed by atoms with Crippen LogP contribution in [0.25, 0.3) is 0 Å². The monoisotopic (exact) mass is 304 g/mol. The maximum absolute atomic E-state index is 12.9. The molecule has 1 aliphatic carbocycles. The minimum Gasteiger partial charge on any atom is -0.379 e. The molecule has 0 aliphatic heterocycles. The van der Waals surface area contributed by atoms with E-state index in [1.165, 1.54) is 0 Å². The van der Waals surface area contributed by atoms with Crippen LogP contribution in [0.1, 0.15) is 31.9 Å². The van der Waals surface area contributed by atoms with Gasteiger partial charge in [-0.25, -0.2) is 4.98 Å². The number of nitrogens with zero attached hydrogens (tertiary/aromatic N) is 2. The number of aromatic nitrogens is 2. The van der Waals surface area contributed by atoms with Crippen LogP contribution in [0, 0.1) is 0 Å². The molecule has 0 aromatic carbocycles. The molecule has 1 fully saturated rings. The number of hydrogen-bond donors (Lipinski definition) is 2. The van der Waals surface area contributed by atoms with Gasteiger partial charge in [0.2, 0.25) is 5.95 Å². The summed E-state index contributed by atoms with van der Waals surface area (Å²) in [6, 6.07) is 0.909. The Morgan fingerprint density at radius 1 is 1.33 bits per heavy atom. The number of ether oxygens (including phenoxy) is 1. The third-order valence-corrected chi connectivity index (χ3v) is 3.44. The molecule has 1 heterocycles. The van der Waals surface area contributed by atoms with E-state index in [2.05, 4.69) is 20.6 Å². The Labute approximate surface area is 121 Å². The fourth-order valence-electron chi connectivity index (χ4n) is 2.47. The Hall–Kier alpha value is -1.57. The van der Waals surface area contributed by atoms with Gasteiger partial charge in [0.05, 0.1) is 12.1 Å². The van der Waals surface area contributed by atoms with Gasteiger partial charge in [-0.05, 0) is 26.2 Å². The summed E-state index contributed by atoms with van der Waals surface area (Å²) in [4.78, 5) is 7.57. The normalized spacial score (nSPS) is 22.3. The van der Waals surface area contributed by atoms with Crippen molar-refractivity contribution in [3.63, 3.8) is 0 Å². The molecule has 0 radical (unpaired) electrons. The zero-order chi connectivity index (χ0) is 15.5. The van der Waals surface area contributed by atoms with Gasteiger partial charge in [-0.2, -0.15) is 18.2 Å². The van der Waals surface area contributed by atoms with Crippen molar-refractivity contribution in [1.82, 2.24) is 9.97 Å². The zero-order valence-electron chi connectivity index (χ0n) is 12.0. The van der Waals surface area contributed by atoms with Gasteiger partial charge in [-0.15, -0.1) is 0 Å². The SMILES string of the molecule is CCNc1nc(NC2CCCC2OC)cc(C(F)(F)F)n1. The van der Waals surface area contributed by atoms with Crippen molar-refractivity contribution >= 4 is 11.8 Å². The van der Waals surface area contributed by atoms with Crippen molar-refractivity contribution in [2.45, 2.75) is 44.5 Å². The lowest BCUT2D eigenvalue weighted by molar-refractivity contribution is -0.141. The average molecular weight is 304 g/mol. The van der Waals surface area contributed by atoms with E-state index in [4.69, 9.17) is 4.74 Å². The van der Waals surface area contributed by atoms with Gasteiger partial charge in [0.1, 0.15) is 5.82 Å². The van der Waals surface area contributed by atoms with Crippen LogP contribution in [0.2, 0.25) is 0 Å². The molecular formula is C13H19F3N4O. The molecule has 2 rings (SSSR count). The number of rotatable bonds is 5. The van der Waals surface area contributed by atoms with E-state index in [0.29, 0.717) is 6.54 Å². The first-order chi connectivity index (χ1) is 9.94. The quantitative estimate of drug-likeness (QED) is 0.876. The van der Waals surface area contributed by atoms with Crippen LogP contribution >= 0.6 is 0 Å². The minimum atomic E-state index is -4.50. The molecule has 0 spiro atoms. The van der Waals surface area contributed by atoms with E-state index >= 15 is 0 Å². The van der Waals surface area contributed by atoms with E-state index in [-0.39, 0.29) is 23.9 Å². The van der Waals surface area contributed by atoms with E-state index < -0.39 is 11.9 Å². The fourth-order valence-corrected chi connectivity index (χ4v) is 2.47. The van der Waals surface area contributed by atoms with Gasteiger partial charge in [0, 0.05) is 19.7 Å². The van der Waals surface area contributed by atoms with Crippen molar-refractivity contribution in [3.05, 3.63) is 11.8 Å². The summed E-state index contributed by atoms with van der Waals surface area (Å²) in [6.07, 6.45) is -1.78. The first-order valence-electron chi connectivity index (χ1n) is 6.93. The molecule has 8 heteroatoms. The maximum atomic E-state index is 12.9. The van der Waals surface area contributed by atoms with Gasteiger partial charge >= 0.3 is 6.18 Å². The molecule has 118 valence electrons. The summed E-state index contributed by atoms with van der Waals surface area (Å²) >= 11 is 0. The van der Waals surface area contributed by atoms with Crippen molar-refractivity contribution in [2.75, 3.05) is 24.3 Å². The predicted molar refractivity (Wildman–Crippen MR) is 73.3 cm³/mol. The van der Waals surface area contributed by atoms with E-state index in [9.17, 15) is 13.2 Å². The van der Waals surface area contributed by atoms with Crippen molar-refractivity contribution in [1.29, 1.82) is 0 Å². The molecule has 2 atom stereocenters. The molecule has 0 saturated heterocycles. The number of anilines is 2. The second-order valence-corrected chi connectivity index (χ2v) is 4.95. The van der Waals surface area contributed by atoms with E-state index in [1.54, 1.807) is 14.0 Å². The van der Waals surface area contributed by atoms with Crippen molar-refractivity contribution < 1.29 is 17.9 Å². The summed E-state index contributed by atoms with van der Waals surface area (Å²) < 4.78 is 43.9. The lowest BCUT2D eigenvalue weighted by atomic mass is 10.2. The van der Waals surface area contributed by atoms with Gasteiger partial charge in [0.15, 0.2) is 5.69 Å².